The Morgan fingerprint density at radius 2 is 1.86 bits per heavy atom. The summed E-state index contributed by atoms with van der Waals surface area (Å²) in [6.45, 7) is 9.22. The van der Waals surface area contributed by atoms with Crippen molar-refractivity contribution < 1.29 is 23.8 Å². The second-order valence-electron chi connectivity index (χ2n) is 7.74. The lowest BCUT2D eigenvalue weighted by Crippen LogP contribution is -2.38. The van der Waals surface area contributed by atoms with E-state index in [-0.39, 0.29) is 12.5 Å². The number of piperidine rings is 1. The van der Waals surface area contributed by atoms with Crippen LogP contribution in [0.15, 0.2) is 23.3 Å². The number of likely N-dealkylation sites (tertiary alicyclic amines) is 1. The minimum atomic E-state index is -0.630. The molecule has 0 spiro atoms. The number of amides is 2. The molecule has 2 rings (SSSR count). The first-order valence-corrected chi connectivity index (χ1v) is 9.98. The number of carbonyl (C=O) groups excluding carboxylic acids is 2. The number of ether oxygens (including phenoxy) is 3. The highest BCUT2D eigenvalue weighted by Gasteiger charge is 2.18. The molecule has 0 saturated carbocycles. The Morgan fingerprint density at radius 3 is 2.52 bits per heavy atom. The molecule has 0 aromatic heterocycles. The number of rotatable bonds is 7. The molecule has 0 atom stereocenters. The first-order chi connectivity index (χ1) is 13.8. The Bertz CT molecular complexity index is 722. The maximum Gasteiger partial charge on any atom is 0.428 e. The number of nitrogens with zero attached hydrogens (tertiary/aromatic N) is 2. The molecule has 1 aliphatic rings. The van der Waals surface area contributed by atoms with E-state index in [4.69, 9.17) is 14.2 Å². The summed E-state index contributed by atoms with van der Waals surface area (Å²) >= 11 is 0. The normalized spacial score (nSPS) is 14.6. The van der Waals surface area contributed by atoms with Crippen molar-refractivity contribution in [1.29, 1.82) is 0 Å². The summed E-state index contributed by atoms with van der Waals surface area (Å²) in [7, 11) is 0. The summed E-state index contributed by atoms with van der Waals surface area (Å²) in [6, 6.07) is 5.23. The van der Waals surface area contributed by atoms with Crippen molar-refractivity contribution in [3.63, 3.8) is 0 Å². The van der Waals surface area contributed by atoms with E-state index < -0.39 is 11.7 Å². The quantitative estimate of drug-likeness (QED) is 0.555. The third-order valence-corrected chi connectivity index (χ3v) is 4.10. The zero-order valence-electron chi connectivity index (χ0n) is 17.7. The van der Waals surface area contributed by atoms with Crippen LogP contribution < -0.4 is 14.9 Å². The molecule has 0 unspecified atom stereocenters. The molecule has 29 heavy (non-hydrogen) atoms. The molecule has 0 aliphatic carbocycles. The van der Waals surface area contributed by atoms with E-state index in [2.05, 4.69) is 10.5 Å². The SMILES string of the molecule is CCOc1cc(/C=N\NC(=O)OC(C)(C)C)ccc1OCC(=O)N1CCCCC1. The fraction of sp³-hybridized carbons (Fsp3) is 0.571. The Kier molecular flexibility index (Phi) is 8.30. The van der Waals surface area contributed by atoms with Crippen molar-refractivity contribution in [2.75, 3.05) is 26.3 Å². The Labute approximate surface area is 172 Å². The third-order valence-electron chi connectivity index (χ3n) is 4.10. The molecular formula is C21H31N3O5. The molecule has 1 aliphatic heterocycles. The standard InChI is InChI=1S/C21H31N3O5/c1-5-27-18-13-16(14-22-23-20(26)29-21(2,3)4)9-10-17(18)28-15-19(25)24-11-7-6-8-12-24/h9-10,13-14H,5-8,11-12,15H2,1-4H3,(H,23,26)/b22-14-. The van der Waals surface area contributed by atoms with Crippen LogP contribution in [0.2, 0.25) is 0 Å². The molecule has 1 aromatic rings. The molecular weight excluding hydrogens is 374 g/mol. The van der Waals surface area contributed by atoms with E-state index >= 15 is 0 Å². The fourth-order valence-electron chi connectivity index (χ4n) is 2.83. The number of hydrazone groups is 1. The van der Waals surface area contributed by atoms with E-state index in [0.717, 1.165) is 25.9 Å². The summed E-state index contributed by atoms with van der Waals surface area (Å²) < 4.78 is 16.4. The molecule has 2 amide bonds. The van der Waals surface area contributed by atoms with Crippen molar-refractivity contribution in [2.24, 2.45) is 5.10 Å². The Morgan fingerprint density at radius 1 is 1.14 bits per heavy atom. The van der Waals surface area contributed by atoms with Gasteiger partial charge in [0.2, 0.25) is 0 Å². The van der Waals surface area contributed by atoms with Crippen LogP contribution in [0.1, 0.15) is 52.5 Å². The average Bonchev–Trinajstić information content (AvgIpc) is 2.66. The van der Waals surface area contributed by atoms with Crippen LogP contribution in [0.3, 0.4) is 0 Å². The molecule has 8 nitrogen and oxygen atoms in total. The maximum absolute atomic E-state index is 12.3. The first kappa shape index (κ1) is 22.5. The fourth-order valence-corrected chi connectivity index (χ4v) is 2.83. The van der Waals surface area contributed by atoms with Gasteiger partial charge >= 0.3 is 6.09 Å². The second-order valence-corrected chi connectivity index (χ2v) is 7.74. The van der Waals surface area contributed by atoms with Gasteiger partial charge in [0.25, 0.3) is 5.91 Å². The molecule has 8 heteroatoms. The van der Waals surface area contributed by atoms with Crippen LogP contribution in [0.5, 0.6) is 11.5 Å². The smallest absolute Gasteiger partial charge is 0.428 e. The van der Waals surface area contributed by atoms with Gasteiger partial charge in [0.05, 0.1) is 12.8 Å². The van der Waals surface area contributed by atoms with E-state index in [9.17, 15) is 9.59 Å². The topological polar surface area (TPSA) is 89.5 Å². The van der Waals surface area contributed by atoms with Gasteiger partial charge in [-0.25, -0.2) is 10.2 Å². The van der Waals surface area contributed by atoms with Crippen molar-refractivity contribution in [3.8, 4) is 11.5 Å². The predicted molar refractivity (Wildman–Crippen MR) is 111 cm³/mol. The van der Waals surface area contributed by atoms with Gasteiger partial charge in [0, 0.05) is 13.1 Å². The summed E-state index contributed by atoms with van der Waals surface area (Å²) in [6.07, 6.45) is 4.11. The van der Waals surface area contributed by atoms with Crippen LogP contribution in [0, 0.1) is 0 Å². The Hall–Kier alpha value is -2.77. The van der Waals surface area contributed by atoms with Crippen LogP contribution in [0.25, 0.3) is 0 Å². The number of hydrogen-bond donors (Lipinski definition) is 1. The highest BCUT2D eigenvalue weighted by molar-refractivity contribution is 5.82. The monoisotopic (exact) mass is 405 g/mol. The lowest BCUT2D eigenvalue weighted by atomic mass is 10.1. The highest BCUT2D eigenvalue weighted by atomic mass is 16.6. The summed E-state index contributed by atoms with van der Waals surface area (Å²) in [5.74, 6) is 0.994. The summed E-state index contributed by atoms with van der Waals surface area (Å²) in [5.41, 5.74) is 2.43. The van der Waals surface area contributed by atoms with Crippen molar-refractivity contribution >= 4 is 18.2 Å². The van der Waals surface area contributed by atoms with Gasteiger partial charge in [-0.3, -0.25) is 4.79 Å². The van der Waals surface area contributed by atoms with Crippen molar-refractivity contribution in [3.05, 3.63) is 23.8 Å². The lowest BCUT2D eigenvalue weighted by molar-refractivity contribution is -0.134. The molecule has 0 radical (unpaired) electrons. The molecule has 1 N–H and O–H groups in total. The number of hydrogen-bond acceptors (Lipinski definition) is 6. The van der Waals surface area contributed by atoms with Crippen LogP contribution in [-0.2, 0) is 9.53 Å². The largest absolute Gasteiger partial charge is 0.490 e. The van der Waals surface area contributed by atoms with Gasteiger partial charge in [-0.1, -0.05) is 0 Å². The molecule has 160 valence electrons. The third kappa shape index (κ3) is 8.01. The first-order valence-electron chi connectivity index (χ1n) is 9.98. The molecule has 1 heterocycles. The van der Waals surface area contributed by atoms with E-state index in [1.54, 1.807) is 39.0 Å². The molecule has 1 saturated heterocycles. The van der Waals surface area contributed by atoms with Crippen LogP contribution in [-0.4, -0.2) is 55.0 Å². The molecule has 1 fully saturated rings. The van der Waals surface area contributed by atoms with Gasteiger partial charge < -0.3 is 19.1 Å². The van der Waals surface area contributed by atoms with E-state index in [1.165, 1.54) is 12.6 Å². The van der Waals surface area contributed by atoms with Gasteiger partial charge in [0.15, 0.2) is 18.1 Å². The van der Waals surface area contributed by atoms with E-state index in [0.29, 0.717) is 23.7 Å². The zero-order valence-corrected chi connectivity index (χ0v) is 17.7. The summed E-state index contributed by atoms with van der Waals surface area (Å²) in [5, 5.41) is 3.89. The van der Waals surface area contributed by atoms with Gasteiger partial charge in [-0.05, 0) is 70.7 Å². The highest BCUT2D eigenvalue weighted by Crippen LogP contribution is 2.28. The molecule has 1 aromatic carbocycles. The number of benzene rings is 1. The second kappa shape index (κ2) is 10.7. The van der Waals surface area contributed by atoms with Gasteiger partial charge in [0.1, 0.15) is 5.60 Å². The zero-order chi connectivity index (χ0) is 21.3. The van der Waals surface area contributed by atoms with Gasteiger partial charge in [-0.15, -0.1) is 0 Å². The Balaban J connectivity index is 1.95. The van der Waals surface area contributed by atoms with E-state index in [1.807, 2.05) is 11.8 Å². The molecule has 0 bridgehead atoms. The number of carbonyl (C=O) groups is 2. The number of nitrogens with one attached hydrogen (secondary N) is 1. The van der Waals surface area contributed by atoms with Crippen LogP contribution >= 0.6 is 0 Å². The minimum absolute atomic E-state index is 0.0145. The summed E-state index contributed by atoms with van der Waals surface area (Å²) in [4.78, 5) is 25.8. The predicted octanol–water partition coefficient (Wildman–Crippen LogP) is 3.34. The minimum Gasteiger partial charge on any atom is -0.490 e. The average molecular weight is 405 g/mol. The van der Waals surface area contributed by atoms with Crippen molar-refractivity contribution in [1.82, 2.24) is 10.3 Å². The van der Waals surface area contributed by atoms with Crippen LogP contribution in [0.4, 0.5) is 4.79 Å². The van der Waals surface area contributed by atoms with Crippen molar-refractivity contribution in [2.45, 2.75) is 52.6 Å². The van der Waals surface area contributed by atoms with Gasteiger partial charge in [-0.2, -0.15) is 5.10 Å². The maximum atomic E-state index is 12.3. The lowest BCUT2D eigenvalue weighted by Gasteiger charge is -2.26.